The molecule has 1 aromatic heterocycles. The summed E-state index contributed by atoms with van der Waals surface area (Å²) < 4.78 is 22.5. The number of halogens is 1. The molecule has 1 aromatic rings. The lowest BCUT2D eigenvalue weighted by Crippen LogP contribution is -2.24. The molecule has 17 heavy (non-hydrogen) atoms. The molecule has 0 spiro atoms. The van der Waals surface area contributed by atoms with Crippen molar-refractivity contribution in [3.8, 4) is 0 Å². The minimum absolute atomic E-state index is 0.0770. The highest BCUT2D eigenvalue weighted by molar-refractivity contribution is 7.91. The Morgan fingerprint density at radius 1 is 1.47 bits per heavy atom. The predicted octanol–water partition coefficient (Wildman–Crippen LogP) is 1.11. The summed E-state index contributed by atoms with van der Waals surface area (Å²) in [5.74, 6) is -0.395. The number of anilines is 1. The van der Waals surface area contributed by atoms with E-state index in [2.05, 4.69) is 10.3 Å². The average Bonchev–Trinajstić information content (AvgIpc) is 2.62. The van der Waals surface area contributed by atoms with E-state index in [9.17, 15) is 13.2 Å². The molecule has 0 aliphatic carbocycles. The molecule has 0 radical (unpaired) electrons. The Bertz CT molecular complexity index is 527. The molecule has 1 aliphatic rings. The Hall–Kier alpha value is -1.14. The van der Waals surface area contributed by atoms with Crippen molar-refractivity contribution < 1.29 is 13.2 Å². The lowest BCUT2D eigenvalue weighted by Gasteiger charge is -2.08. The molecule has 1 atom stereocenters. The normalized spacial score (nSPS) is 22.3. The third-order valence-corrected chi connectivity index (χ3v) is 4.57. The van der Waals surface area contributed by atoms with Gasteiger partial charge in [-0.1, -0.05) is 11.6 Å². The first-order valence-electron chi connectivity index (χ1n) is 5.09. The molecule has 1 amide bonds. The van der Waals surface area contributed by atoms with Crippen LogP contribution in [0.15, 0.2) is 18.3 Å². The van der Waals surface area contributed by atoms with Gasteiger partial charge in [-0.05, 0) is 18.6 Å². The van der Waals surface area contributed by atoms with E-state index in [1.165, 1.54) is 6.20 Å². The number of carbonyl (C=O) groups is 1. The van der Waals surface area contributed by atoms with Crippen LogP contribution in [-0.2, 0) is 14.6 Å². The Balaban J connectivity index is 2.01. The van der Waals surface area contributed by atoms with Gasteiger partial charge in [-0.15, -0.1) is 0 Å². The maximum Gasteiger partial charge on any atom is 0.229 e. The van der Waals surface area contributed by atoms with Crippen LogP contribution in [0.5, 0.6) is 0 Å². The number of amides is 1. The molecule has 0 saturated carbocycles. The number of aromatic nitrogens is 1. The van der Waals surface area contributed by atoms with Crippen LogP contribution in [0.25, 0.3) is 0 Å². The van der Waals surface area contributed by atoms with Crippen molar-refractivity contribution >= 4 is 33.2 Å². The van der Waals surface area contributed by atoms with Crippen LogP contribution in [0.4, 0.5) is 5.82 Å². The highest BCUT2D eigenvalue weighted by atomic mass is 35.5. The summed E-state index contributed by atoms with van der Waals surface area (Å²) in [6.45, 7) is 0. The lowest BCUT2D eigenvalue weighted by molar-refractivity contribution is -0.119. The van der Waals surface area contributed by atoms with Crippen LogP contribution >= 0.6 is 11.6 Å². The van der Waals surface area contributed by atoms with Crippen LogP contribution in [0.1, 0.15) is 6.42 Å². The zero-order valence-electron chi connectivity index (χ0n) is 8.89. The van der Waals surface area contributed by atoms with E-state index in [1.807, 2.05) is 0 Å². The molecule has 0 aromatic carbocycles. The molecule has 1 aliphatic heterocycles. The van der Waals surface area contributed by atoms with E-state index in [0.717, 1.165) is 0 Å². The molecule has 0 bridgehead atoms. The third-order valence-electron chi connectivity index (χ3n) is 2.58. The summed E-state index contributed by atoms with van der Waals surface area (Å²) in [5, 5.41) is 3.05. The van der Waals surface area contributed by atoms with Crippen molar-refractivity contribution in [2.45, 2.75) is 6.42 Å². The van der Waals surface area contributed by atoms with Gasteiger partial charge in [0.2, 0.25) is 5.91 Å². The van der Waals surface area contributed by atoms with Gasteiger partial charge in [0.15, 0.2) is 9.84 Å². The Kier molecular flexibility index (Phi) is 3.35. The molecule has 1 N–H and O–H groups in total. The molecule has 2 rings (SSSR count). The number of nitrogens with one attached hydrogen (secondary N) is 1. The van der Waals surface area contributed by atoms with E-state index in [1.54, 1.807) is 12.1 Å². The highest BCUT2D eigenvalue weighted by Gasteiger charge is 2.32. The summed E-state index contributed by atoms with van der Waals surface area (Å²) in [6.07, 6.45) is 1.80. The molecule has 92 valence electrons. The van der Waals surface area contributed by atoms with Gasteiger partial charge >= 0.3 is 0 Å². The third kappa shape index (κ3) is 3.17. The number of hydrogen-bond acceptors (Lipinski definition) is 4. The standard InChI is InChI=1S/C10H11ClN2O3S/c11-8-1-2-9(12-5-8)13-10(14)7-3-4-17(15,16)6-7/h1-2,5,7H,3-4,6H2,(H,12,13,14)/t7-/m1/s1. The minimum Gasteiger partial charge on any atom is -0.310 e. The second-order valence-electron chi connectivity index (χ2n) is 3.95. The SMILES string of the molecule is O=C(Nc1ccc(Cl)cn1)[C@@H]1CCS(=O)(=O)C1. The molecule has 7 heteroatoms. The van der Waals surface area contributed by atoms with Gasteiger partial charge < -0.3 is 5.32 Å². The Morgan fingerprint density at radius 2 is 2.24 bits per heavy atom. The maximum absolute atomic E-state index is 11.7. The molecule has 1 fully saturated rings. The van der Waals surface area contributed by atoms with Crippen molar-refractivity contribution in [1.29, 1.82) is 0 Å². The molecule has 2 heterocycles. The van der Waals surface area contributed by atoms with E-state index in [-0.39, 0.29) is 17.4 Å². The van der Waals surface area contributed by atoms with Crippen LogP contribution in [0, 0.1) is 5.92 Å². The minimum atomic E-state index is -3.04. The fraction of sp³-hybridized carbons (Fsp3) is 0.400. The zero-order chi connectivity index (χ0) is 12.5. The quantitative estimate of drug-likeness (QED) is 0.876. The fourth-order valence-electron chi connectivity index (χ4n) is 1.68. The lowest BCUT2D eigenvalue weighted by atomic mass is 10.1. The second-order valence-corrected chi connectivity index (χ2v) is 6.62. The first-order valence-corrected chi connectivity index (χ1v) is 7.29. The summed E-state index contributed by atoms with van der Waals surface area (Å²) in [4.78, 5) is 15.7. The predicted molar refractivity (Wildman–Crippen MR) is 64.6 cm³/mol. The monoisotopic (exact) mass is 274 g/mol. The van der Waals surface area contributed by atoms with Gasteiger partial charge in [0.05, 0.1) is 22.4 Å². The number of nitrogens with zero attached hydrogens (tertiary/aromatic N) is 1. The van der Waals surface area contributed by atoms with Gasteiger partial charge in [-0.3, -0.25) is 4.79 Å². The fourth-order valence-corrected chi connectivity index (χ4v) is 3.53. The van der Waals surface area contributed by atoms with E-state index in [0.29, 0.717) is 17.3 Å². The van der Waals surface area contributed by atoms with Crippen molar-refractivity contribution in [2.24, 2.45) is 5.92 Å². The van der Waals surface area contributed by atoms with Crippen molar-refractivity contribution in [1.82, 2.24) is 4.98 Å². The Morgan fingerprint density at radius 3 is 2.76 bits per heavy atom. The van der Waals surface area contributed by atoms with Gasteiger partial charge in [0.1, 0.15) is 5.82 Å². The number of carbonyl (C=O) groups excluding carboxylic acids is 1. The first kappa shape index (κ1) is 12.3. The molecular formula is C10H11ClN2O3S. The van der Waals surface area contributed by atoms with Crippen LogP contribution in [0.2, 0.25) is 5.02 Å². The van der Waals surface area contributed by atoms with Crippen LogP contribution in [-0.4, -0.2) is 30.8 Å². The Labute approximate surface area is 104 Å². The van der Waals surface area contributed by atoms with E-state index < -0.39 is 15.8 Å². The van der Waals surface area contributed by atoms with Crippen LogP contribution in [0.3, 0.4) is 0 Å². The maximum atomic E-state index is 11.7. The number of hydrogen-bond donors (Lipinski definition) is 1. The smallest absolute Gasteiger partial charge is 0.229 e. The molecule has 1 saturated heterocycles. The summed E-state index contributed by atoms with van der Waals surface area (Å²) in [5.41, 5.74) is 0. The number of sulfone groups is 1. The largest absolute Gasteiger partial charge is 0.310 e. The number of rotatable bonds is 2. The van der Waals surface area contributed by atoms with Gasteiger partial charge in [0, 0.05) is 6.20 Å². The molecule has 5 nitrogen and oxygen atoms in total. The summed E-state index contributed by atoms with van der Waals surface area (Å²) in [7, 11) is -3.04. The van der Waals surface area contributed by atoms with Crippen molar-refractivity contribution in [3.63, 3.8) is 0 Å². The summed E-state index contributed by atoms with van der Waals surface area (Å²) in [6, 6.07) is 3.18. The average molecular weight is 275 g/mol. The topological polar surface area (TPSA) is 76.1 Å². The van der Waals surface area contributed by atoms with Gasteiger partial charge in [-0.2, -0.15) is 0 Å². The van der Waals surface area contributed by atoms with E-state index >= 15 is 0 Å². The van der Waals surface area contributed by atoms with Crippen molar-refractivity contribution in [2.75, 3.05) is 16.8 Å². The van der Waals surface area contributed by atoms with Gasteiger partial charge in [-0.25, -0.2) is 13.4 Å². The zero-order valence-corrected chi connectivity index (χ0v) is 10.5. The highest BCUT2D eigenvalue weighted by Crippen LogP contribution is 2.20. The number of pyridine rings is 1. The summed E-state index contributed by atoms with van der Waals surface area (Å²) >= 11 is 5.66. The second kappa shape index (κ2) is 4.62. The molecule has 0 unspecified atom stereocenters. The van der Waals surface area contributed by atoms with Gasteiger partial charge in [0.25, 0.3) is 0 Å². The van der Waals surface area contributed by atoms with Crippen molar-refractivity contribution in [3.05, 3.63) is 23.4 Å². The van der Waals surface area contributed by atoms with E-state index in [4.69, 9.17) is 11.6 Å². The molecular weight excluding hydrogens is 264 g/mol. The van der Waals surface area contributed by atoms with Crippen LogP contribution < -0.4 is 5.32 Å². The first-order chi connectivity index (χ1) is 7.96.